The summed E-state index contributed by atoms with van der Waals surface area (Å²) < 4.78 is 26.0. The number of amides is 2. The predicted molar refractivity (Wildman–Crippen MR) is 131 cm³/mol. The molecule has 0 atom stereocenters. The fourth-order valence-electron chi connectivity index (χ4n) is 3.41. The number of carbonyl (C=O) groups is 2. The summed E-state index contributed by atoms with van der Waals surface area (Å²) in [6, 6.07) is 20.5. The van der Waals surface area contributed by atoms with Crippen molar-refractivity contribution in [3.8, 4) is 11.5 Å². The smallest absolute Gasteiger partial charge is 0.270 e. The van der Waals surface area contributed by atoms with Crippen LogP contribution in [-0.4, -0.2) is 23.5 Å². The van der Waals surface area contributed by atoms with Crippen LogP contribution in [0, 0.1) is 5.82 Å². The molecular formula is C26H21FN2O4S. The number of benzene rings is 3. The van der Waals surface area contributed by atoms with Crippen LogP contribution in [0.2, 0.25) is 0 Å². The summed E-state index contributed by atoms with van der Waals surface area (Å²) in [5.41, 5.74) is 1.32. The first kappa shape index (κ1) is 23.1. The van der Waals surface area contributed by atoms with Crippen molar-refractivity contribution in [1.29, 1.82) is 0 Å². The van der Waals surface area contributed by atoms with Gasteiger partial charge in [0.05, 0.1) is 12.3 Å². The highest BCUT2D eigenvalue weighted by atomic mass is 32.1. The van der Waals surface area contributed by atoms with Crippen LogP contribution in [-0.2, 0) is 16.2 Å². The van der Waals surface area contributed by atoms with Gasteiger partial charge >= 0.3 is 0 Å². The number of para-hydroxylation sites is 1. The van der Waals surface area contributed by atoms with Gasteiger partial charge in [0, 0.05) is 0 Å². The molecule has 0 aliphatic carbocycles. The molecule has 0 aromatic heterocycles. The molecule has 2 amide bonds. The number of anilines is 1. The maximum absolute atomic E-state index is 14.3. The zero-order valence-corrected chi connectivity index (χ0v) is 19.1. The molecule has 0 saturated carbocycles. The molecule has 1 heterocycles. The minimum atomic E-state index is -0.721. The van der Waals surface area contributed by atoms with Gasteiger partial charge in [0.25, 0.3) is 11.8 Å². The Labute approximate surface area is 201 Å². The fraction of sp³-hybridized carbons (Fsp3) is 0.115. The number of nitrogens with one attached hydrogen (secondary N) is 1. The molecule has 0 spiro atoms. The standard InChI is InChI=1S/C26H21FN2O4S/c1-2-32-23-15-18(12-13-22(23)33-16-17-8-4-3-5-9-17)14-19-24(30)28-26(34)29(25(19)31)21-11-7-6-10-20(21)27/h3-15H,2,16H2,1H3,(H,28,30,34)/b19-14+. The van der Waals surface area contributed by atoms with E-state index in [9.17, 15) is 14.0 Å². The Morgan fingerprint density at radius 2 is 1.71 bits per heavy atom. The van der Waals surface area contributed by atoms with Crippen molar-refractivity contribution in [3.05, 3.63) is 95.3 Å². The lowest BCUT2D eigenvalue weighted by molar-refractivity contribution is -0.122. The van der Waals surface area contributed by atoms with Gasteiger partial charge in [-0.15, -0.1) is 0 Å². The molecule has 8 heteroatoms. The van der Waals surface area contributed by atoms with E-state index in [-0.39, 0.29) is 16.4 Å². The van der Waals surface area contributed by atoms with Gasteiger partial charge in [-0.05, 0) is 60.6 Å². The predicted octanol–water partition coefficient (Wildman–Crippen LogP) is 4.63. The second-order valence-corrected chi connectivity index (χ2v) is 7.71. The molecule has 1 aliphatic rings. The van der Waals surface area contributed by atoms with E-state index >= 15 is 0 Å². The van der Waals surface area contributed by atoms with Crippen molar-refractivity contribution in [3.63, 3.8) is 0 Å². The molecule has 1 aliphatic heterocycles. The monoisotopic (exact) mass is 476 g/mol. The largest absolute Gasteiger partial charge is 0.490 e. The number of hydrogen-bond donors (Lipinski definition) is 1. The summed E-state index contributed by atoms with van der Waals surface area (Å²) in [6.45, 7) is 2.60. The second-order valence-electron chi connectivity index (χ2n) is 7.32. The van der Waals surface area contributed by atoms with E-state index in [1.807, 2.05) is 37.3 Å². The summed E-state index contributed by atoms with van der Waals surface area (Å²) in [5.74, 6) is -1.02. The summed E-state index contributed by atoms with van der Waals surface area (Å²) in [7, 11) is 0. The number of nitrogens with zero attached hydrogens (tertiary/aromatic N) is 1. The average Bonchev–Trinajstić information content (AvgIpc) is 2.83. The Bertz CT molecular complexity index is 1280. The van der Waals surface area contributed by atoms with Crippen molar-refractivity contribution >= 4 is 40.9 Å². The Morgan fingerprint density at radius 3 is 2.44 bits per heavy atom. The third-order valence-electron chi connectivity index (χ3n) is 5.01. The molecule has 4 rings (SSSR count). The zero-order chi connectivity index (χ0) is 24.1. The first-order valence-electron chi connectivity index (χ1n) is 10.6. The molecule has 0 bridgehead atoms. The molecule has 1 saturated heterocycles. The topological polar surface area (TPSA) is 67.9 Å². The van der Waals surface area contributed by atoms with E-state index in [4.69, 9.17) is 21.7 Å². The van der Waals surface area contributed by atoms with Crippen LogP contribution in [0.1, 0.15) is 18.1 Å². The van der Waals surface area contributed by atoms with E-state index in [1.54, 1.807) is 24.3 Å². The van der Waals surface area contributed by atoms with Gasteiger partial charge in [-0.3, -0.25) is 14.9 Å². The Morgan fingerprint density at radius 1 is 0.971 bits per heavy atom. The van der Waals surface area contributed by atoms with Gasteiger partial charge in [0.2, 0.25) is 0 Å². The average molecular weight is 477 g/mol. The van der Waals surface area contributed by atoms with Gasteiger partial charge in [-0.1, -0.05) is 48.5 Å². The van der Waals surface area contributed by atoms with Crippen molar-refractivity contribution in [2.24, 2.45) is 0 Å². The van der Waals surface area contributed by atoms with Gasteiger partial charge in [-0.25, -0.2) is 9.29 Å². The quantitative estimate of drug-likeness (QED) is 0.306. The lowest BCUT2D eigenvalue weighted by Gasteiger charge is -2.29. The molecule has 6 nitrogen and oxygen atoms in total. The van der Waals surface area contributed by atoms with Crippen LogP contribution >= 0.6 is 12.2 Å². The maximum atomic E-state index is 14.3. The van der Waals surface area contributed by atoms with Crippen molar-refractivity contribution < 1.29 is 23.5 Å². The summed E-state index contributed by atoms with van der Waals surface area (Å²) in [4.78, 5) is 26.7. The minimum absolute atomic E-state index is 0.0388. The third-order valence-corrected chi connectivity index (χ3v) is 5.30. The Balaban J connectivity index is 1.63. The highest BCUT2D eigenvalue weighted by Gasteiger charge is 2.35. The van der Waals surface area contributed by atoms with Crippen molar-refractivity contribution in [2.45, 2.75) is 13.5 Å². The van der Waals surface area contributed by atoms with Gasteiger partial charge in [0.15, 0.2) is 16.6 Å². The molecule has 3 aromatic carbocycles. The second kappa shape index (κ2) is 10.3. The van der Waals surface area contributed by atoms with Crippen LogP contribution in [0.3, 0.4) is 0 Å². The van der Waals surface area contributed by atoms with Crippen molar-refractivity contribution in [1.82, 2.24) is 5.32 Å². The number of hydrogen-bond acceptors (Lipinski definition) is 5. The summed E-state index contributed by atoms with van der Waals surface area (Å²) in [5, 5.41) is 2.27. The Hall–Kier alpha value is -4.04. The third kappa shape index (κ3) is 4.97. The van der Waals surface area contributed by atoms with E-state index in [2.05, 4.69) is 5.32 Å². The normalized spacial score (nSPS) is 14.8. The molecule has 0 unspecified atom stereocenters. The molecule has 1 fully saturated rings. The minimum Gasteiger partial charge on any atom is -0.490 e. The maximum Gasteiger partial charge on any atom is 0.270 e. The van der Waals surface area contributed by atoms with E-state index in [1.165, 1.54) is 24.3 Å². The van der Waals surface area contributed by atoms with E-state index in [0.29, 0.717) is 30.3 Å². The van der Waals surface area contributed by atoms with Gasteiger partial charge < -0.3 is 9.47 Å². The number of ether oxygens (including phenoxy) is 2. The summed E-state index contributed by atoms with van der Waals surface area (Å²) in [6.07, 6.45) is 1.41. The SMILES string of the molecule is CCOc1cc(/C=C2\C(=O)NC(=S)N(c3ccccc3F)C2=O)ccc1OCc1ccccc1. The van der Waals surface area contributed by atoms with Gasteiger partial charge in [0.1, 0.15) is 18.0 Å². The molecule has 0 radical (unpaired) electrons. The molecule has 1 N–H and O–H groups in total. The van der Waals surface area contributed by atoms with E-state index in [0.717, 1.165) is 10.5 Å². The zero-order valence-electron chi connectivity index (χ0n) is 18.3. The van der Waals surface area contributed by atoms with Crippen LogP contribution in [0.15, 0.2) is 78.4 Å². The molecule has 34 heavy (non-hydrogen) atoms. The van der Waals surface area contributed by atoms with Crippen molar-refractivity contribution in [2.75, 3.05) is 11.5 Å². The first-order chi connectivity index (χ1) is 16.5. The lowest BCUT2D eigenvalue weighted by atomic mass is 10.1. The van der Waals surface area contributed by atoms with Crippen LogP contribution in [0.4, 0.5) is 10.1 Å². The number of halogens is 1. The molecule has 3 aromatic rings. The summed E-state index contributed by atoms with van der Waals surface area (Å²) >= 11 is 5.12. The first-order valence-corrected chi connectivity index (χ1v) is 11.0. The number of carbonyl (C=O) groups excluding carboxylic acids is 2. The van der Waals surface area contributed by atoms with E-state index < -0.39 is 17.6 Å². The van der Waals surface area contributed by atoms with Crippen LogP contribution in [0.5, 0.6) is 11.5 Å². The number of thiocarbonyl (C=S) groups is 1. The highest BCUT2D eigenvalue weighted by Crippen LogP contribution is 2.31. The molecule has 172 valence electrons. The fourth-order valence-corrected chi connectivity index (χ4v) is 3.69. The van der Waals surface area contributed by atoms with Crippen LogP contribution < -0.4 is 19.7 Å². The molecular weight excluding hydrogens is 455 g/mol. The van der Waals surface area contributed by atoms with Gasteiger partial charge in [-0.2, -0.15) is 0 Å². The Kier molecular flexibility index (Phi) is 6.98. The highest BCUT2D eigenvalue weighted by molar-refractivity contribution is 7.80. The van der Waals surface area contributed by atoms with Crippen LogP contribution in [0.25, 0.3) is 6.08 Å². The lowest BCUT2D eigenvalue weighted by Crippen LogP contribution is -2.54. The number of rotatable bonds is 7.